The Morgan fingerprint density at radius 2 is 1.90 bits per heavy atom. The third-order valence-corrected chi connectivity index (χ3v) is 4.51. The van der Waals surface area contributed by atoms with Gasteiger partial charge in [0.05, 0.1) is 13.2 Å². The number of ether oxygens (including phenoxy) is 2. The molecule has 2 aliphatic rings. The number of methoxy groups -OCH3 is 1. The summed E-state index contributed by atoms with van der Waals surface area (Å²) >= 11 is 0. The van der Waals surface area contributed by atoms with Crippen LogP contribution < -0.4 is 10.6 Å². The van der Waals surface area contributed by atoms with Gasteiger partial charge in [0, 0.05) is 38.8 Å². The Hall–Kier alpha value is -0.650. The maximum atomic E-state index is 11.9. The number of carbonyl (C=O) groups is 1. The fraction of sp³-hybridized carbons (Fsp3) is 0.938. The van der Waals surface area contributed by atoms with Crippen molar-refractivity contribution in [3.8, 4) is 0 Å². The van der Waals surface area contributed by atoms with Crippen molar-refractivity contribution in [3.63, 3.8) is 0 Å². The lowest BCUT2D eigenvalue weighted by Crippen LogP contribution is -2.39. The Bertz CT molecular complexity index is 300. The zero-order chi connectivity index (χ0) is 14.9. The van der Waals surface area contributed by atoms with Gasteiger partial charge in [-0.2, -0.15) is 0 Å². The van der Waals surface area contributed by atoms with Crippen molar-refractivity contribution in [2.75, 3.05) is 33.5 Å². The molecule has 5 heteroatoms. The van der Waals surface area contributed by atoms with Gasteiger partial charge >= 0.3 is 0 Å². The molecule has 2 unspecified atom stereocenters. The predicted octanol–water partition coefficient (Wildman–Crippen LogP) is 1.47. The van der Waals surface area contributed by atoms with E-state index in [0.29, 0.717) is 37.6 Å². The fourth-order valence-electron chi connectivity index (χ4n) is 3.48. The molecule has 2 rings (SSSR count). The van der Waals surface area contributed by atoms with Gasteiger partial charge in [0.15, 0.2) is 0 Å². The van der Waals surface area contributed by atoms with Crippen LogP contribution in [0, 0.1) is 5.92 Å². The molecule has 0 radical (unpaired) electrons. The number of hydrogen-bond acceptors (Lipinski definition) is 4. The zero-order valence-electron chi connectivity index (χ0n) is 13.2. The lowest BCUT2D eigenvalue weighted by molar-refractivity contribution is -0.122. The van der Waals surface area contributed by atoms with Crippen LogP contribution in [0.4, 0.5) is 0 Å². The van der Waals surface area contributed by atoms with E-state index in [-0.39, 0.29) is 5.91 Å². The van der Waals surface area contributed by atoms with Crippen LogP contribution in [0.15, 0.2) is 0 Å². The molecule has 2 aliphatic heterocycles. The van der Waals surface area contributed by atoms with Gasteiger partial charge in [-0.25, -0.2) is 0 Å². The SMILES string of the molecule is COCCOCCCCNC(=O)CC1CC2CCC(C1)N2. The number of piperidine rings is 1. The molecule has 2 atom stereocenters. The molecule has 2 N–H and O–H groups in total. The number of fused-ring (bicyclic) bond motifs is 2. The van der Waals surface area contributed by atoms with E-state index in [2.05, 4.69) is 10.6 Å². The quantitative estimate of drug-likeness (QED) is 0.600. The molecule has 2 saturated heterocycles. The van der Waals surface area contributed by atoms with Gasteiger partial charge < -0.3 is 20.1 Å². The van der Waals surface area contributed by atoms with Crippen LogP contribution in [-0.2, 0) is 14.3 Å². The molecule has 5 nitrogen and oxygen atoms in total. The van der Waals surface area contributed by atoms with Crippen LogP contribution in [0.1, 0.15) is 44.9 Å². The molecule has 0 aliphatic carbocycles. The first-order valence-corrected chi connectivity index (χ1v) is 8.37. The fourth-order valence-corrected chi connectivity index (χ4v) is 3.48. The van der Waals surface area contributed by atoms with E-state index in [0.717, 1.165) is 26.0 Å². The van der Waals surface area contributed by atoms with Crippen LogP contribution >= 0.6 is 0 Å². The van der Waals surface area contributed by atoms with Crippen LogP contribution in [0.25, 0.3) is 0 Å². The lowest BCUT2D eigenvalue weighted by Gasteiger charge is -2.28. The van der Waals surface area contributed by atoms with Gasteiger partial charge in [-0.15, -0.1) is 0 Å². The first kappa shape index (κ1) is 16.7. The number of rotatable bonds is 10. The minimum absolute atomic E-state index is 0.224. The van der Waals surface area contributed by atoms with Crippen molar-refractivity contribution in [3.05, 3.63) is 0 Å². The Balaban J connectivity index is 1.45. The Kier molecular flexibility index (Phi) is 7.47. The molecule has 0 saturated carbocycles. The minimum atomic E-state index is 0.224. The molecule has 0 aromatic heterocycles. The van der Waals surface area contributed by atoms with Gasteiger partial charge in [-0.3, -0.25) is 4.79 Å². The van der Waals surface area contributed by atoms with Gasteiger partial charge in [0.25, 0.3) is 0 Å². The second kappa shape index (κ2) is 9.38. The van der Waals surface area contributed by atoms with Gasteiger partial charge in [0.2, 0.25) is 5.91 Å². The maximum Gasteiger partial charge on any atom is 0.220 e. The largest absolute Gasteiger partial charge is 0.382 e. The molecule has 122 valence electrons. The highest BCUT2D eigenvalue weighted by molar-refractivity contribution is 5.76. The van der Waals surface area contributed by atoms with Gasteiger partial charge in [-0.05, 0) is 44.4 Å². The second-order valence-corrected chi connectivity index (χ2v) is 6.34. The Morgan fingerprint density at radius 1 is 1.14 bits per heavy atom. The number of carbonyl (C=O) groups excluding carboxylic acids is 1. The van der Waals surface area contributed by atoms with E-state index < -0.39 is 0 Å². The molecular weight excluding hydrogens is 268 g/mol. The summed E-state index contributed by atoms with van der Waals surface area (Å²) in [6, 6.07) is 1.34. The molecular formula is C16H30N2O3. The summed E-state index contributed by atoms with van der Waals surface area (Å²) in [4.78, 5) is 11.9. The van der Waals surface area contributed by atoms with Crippen molar-refractivity contribution < 1.29 is 14.3 Å². The van der Waals surface area contributed by atoms with Crippen LogP contribution in [0.3, 0.4) is 0 Å². The summed E-state index contributed by atoms with van der Waals surface area (Å²) < 4.78 is 10.3. The monoisotopic (exact) mass is 298 g/mol. The van der Waals surface area contributed by atoms with Gasteiger partial charge in [-0.1, -0.05) is 0 Å². The normalized spacial score (nSPS) is 27.8. The standard InChI is InChI=1S/C16H30N2O3/c1-20-8-9-21-7-3-2-6-17-16(19)12-13-10-14-4-5-15(11-13)18-14/h13-15,18H,2-12H2,1H3,(H,17,19). The highest BCUT2D eigenvalue weighted by Gasteiger charge is 2.33. The van der Waals surface area contributed by atoms with E-state index in [1.54, 1.807) is 7.11 Å². The van der Waals surface area contributed by atoms with E-state index in [9.17, 15) is 4.79 Å². The Morgan fingerprint density at radius 3 is 2.62 bits per heavy atom. The van der Waals surface area contributed by atoms with E-state index in [4.69, 9.17) is 9.47 Å². The summed E-state index contributed by atoms with van der Waals surface area (Å²) in [5, 5.41) is 6.66. The summed E-state index contributed by atoms with van der Waals surface area (Å²) in [6.07, 6.45) is 7.63. The van der Waals surface area contributed by atoms with E-state index >= 15 is 0 Å². The molecule has 1 amide bonds. The van der Waals surface area contributed by atoms with E-state index in [1.807, 2.05) is 0 Å². The maximum absolute atomic E-state index is 11.9. The Labute approximate surface area is 128 Å². The predicted molar refractivity (Wildman–Crippen MR) is 82.2 cm³/mol. The zero-order valence-corrected chi connectivity index (χ0v) is 13.2. The lowest BCUT2D eigenvalue weighted by atomic mass is 9.89. The van der Waals surface area contributed by atoms with E-state index in [1.165, 1.54) is 25.7 Å². The number of amides is 1. The van der Waals surface area contributed by atoms with Crippen molar-refractivity contribution >= 4 is 5.91 Å². The first-order chi connectivity index (χ1) is 10.3. The van der Waals surface area contributed by atoms with Crippen LogP contribution in [0.2, 0.25) is 0 Å². The molecule has 0 spiro atoms. The number of hydrogen-bond donors (Lipinski definition) is 2. The average Bonchev–Trinajstić information content (AvgIpc) is 2.81. The van der Waals surface area contributed by atoms with Crippen LogP contribution in [0.5, 0.6) is 0 Å². The molecule has 2 fully saturated rings. The average molecular weight is 298 g/mol. The highest BCUT2D eigenvalue weighted by atomic mass is 16.5. The minimum Gasteiger partial charge on any atom is -0.382 e. The summed E-state index contributed by atoms with van der Waals surface area (Å²) in [5.41, 5.74) is 0. The molecule has 0 aromatic carbocycles. The molecule has 0 aromatic rings. The number of nitrogens with one attached hydrogen (secondary N) is 2. The summed E-state index contributed by atoms with van der Waals surface area (Å²) in [5.74, 6) is 0.808. The first-order valence-electron chi connectivity index (χ1n) is 8.37. The van der Waals surface area contributed by atoms with Crippen molar-refractivity contribution in [1.29, 1.82) is 0 Å². The summed E-state index contributed by atoms with van der Waals surface area (Å²) in [7, 11) is 1.67. The second-order valence-electron chi connectivity index (χ2n) is 6.34. The molecule has 2 bridgehead atoms. The third-order valence-electron chi connectivity index (χ3n) is 4.51. The molecule has 2 heterocycles. The van der Waals surface area contributed by atoms with Crippen LogP contribution in [-0.4, -0.2) is 51.5 Å². The van der Waals surface area contributed by atoms with Gasteiger partial charge in [0.1, 0.15) is 0 Å². The van der Waals surface area contributed by atoms with Crippen molar-refractivity contribution in [2.45, 2.75) is 57.0 Å². The third kappa shape index (κ3) is 6.32. The van der Waals surface area contributed by atoms with Crippen molar-refractivity contribution in [2.24, 2.45) is 5.92 Å². The van der Waals surface area contributed by atoms with Crippen molar-refractivity contribution in [1.82, 2.24) is 10.6 Å². The topological polar surface area (TPSA) is 59.6 Å². The summed E-state index contributed by atoms with van der Waals surface area (Å²) in [6.45, 7) is 2.82. The molecule has 21 heavy (non-hydrogen) atoms. The number of unbranched alkanes of at least 4 members (excludes halogenated alkanes) is 1. The smallest absolute Gasteiger partial charge is 0.220 e. The highest BCUT2D eigenvalue weighted by Crippen LogP contribution is 2.32.